The van der Waals surface area contributed by atoms with Crippen LogP contribution in [-0.4, -0.2) is 34.8 Å². The molecular weight excluding hydrogens is 460 g/mol. The van der Waals surface area contributed by atoms with Crippen molar-refractivity contribution in [3.63, 3.8) is 0 Å². The highest BCUT2D eigenvalue weighted by atomic mass is 32.2. The van der Waals surface area contributed by atoms with Gasteiger partial charge in [0.1, 0.15) is 5.75 Å². The topological polar surface area (TPSA) is 92.8 Å². The molecule has 1 N–H and O–H groups in total. The van der Waals surface area contributed by atoms with Gasteiger partial charge in [0.15, 0.2) is 0 Å². The van der Waals surface area contributed by atoms with Gasteiger partial charge in [-0.05, 0) is 79.4 Å². The van der Waals surface area contributed by atoms with Gasteiger partial charge in [-0.25, -0.2) is 16.8 Å². The van der Waals surface area contributed by atoms with Crippen molar-refractivity contribution < 1.29 is 21.6 Å². The van der Waals surface area contributed by atoms with Crippen molar-refractivity contribution in [3.05, 3.63) is 82.9 Å². The Morgan fingerprint density at radius 2 is 1.61 bits per heavy atom. The molecule has 7 nitrogen and oxygen atoms in total. The third kappa shape index (κ3) is 4.75. The Hall–Kier alpha value is -2.88. The van der Waals surface area contributed by atoms with Crippen molar-refractivity contribution in [1.82, 2.24) is 4.31 Å². The van der Waals surface area contributed by atoms with Crippen LogP contribution in [0.3, 0.4) is 0 Å². The molecule has 1 heterocycles. The molecule has 33 heavy (non-hydrogen) atoms. The van der Waals surface area contributed by atoms with Crippen LogP contribution in [0.4, 0.5) is 5.69 Å². The number of methoxy groups -OCH3 is 1. The number of nitrogens with zero attached hydrogens (tertiary/aromatic N) is 1. The van der Waals surface area contributed by atoms with Gasteiger partial charge in [-0.3, -0.25) is 4.72 Å². The number of anilines is 1. The fourth-order valence-electron chi connectivity index (χ4n) is 3.92. The third-order valence-corrected chi connectivity index (χ3v) is 9.17. The molecule has 0 amide bonds. The van der Waals surface area contributed by atoms with Crippen LogP contribution in [0.15, 0.2) is 70.5 Å². The molecule has 0 bridgehead atoms. The first-order chi connectivity index (χ1) is 15.6. The number of nitrogens with one attached hydrogen (secondary N) is 1. The van der Waals surface area contributed by atoms with E-state index in [2.05, 4.69) is 4.72 Å². The van der Waals surface area contributed by atoms with Gasteiger partial charge in [0.05, 0.1) is 16.9 Å². The molecule has 1 aliphatic rings. The van der Waals surface area contributed by atoms with Crippen LogP contribution in [0.2, 0.25) is 0 Å². The number of benzene rings is 3. The molecule has 1 aliphatic heterocycles. The van der Waals surface area contributed by atoms with Crippen molar-refractivity contribution >= 4 is 25.7 Å². The van der Waals surface area contributed by atoms with E-state index in [1.165, 1.54) is 17.5 Å². The fraction of sp³-hybridized carbons (Fsp3) is 0.250. The first kappa shape index (κ1) is 23.3. The van der Waals surface area contributed by atoms with Crippen LogP contribution in [-0.2, 0) is 33.0 Å². The lowest BCUT2D eigenvalue weighted by Gasteiger charge is -2.28. The monoisotopic (exact) mass is 486 g/mol. The van der Waals surface area contributed by atoms with Crippen LogP contribution in [0.25, 0.3) is 0 Å². The molecular formula is C24H26N2O5S2. The minimum absolute atomic E-state index is 0.157. The summed E-state index contributed by atoms with van der Waals surface area (Å²) < 4.78 is 61.3. The molecule has 0 radical (unpaired) electrons. The molecule has 4 rings (SSSR count). The van der Waals surface area contributed by atoms with Crippen LogP contribution >= 0.6 is 0 Å². The highest BCUT2D eigenvalue weighted by molar-refractivity contribution is 7.92. The summed E-state index contributed by atoms with van der Waals surface area (Å²) in [5.41, 5.74) is 3.73. The zero-order valence-electron chi connectivity index (χ0n) is 18.7. The molecule has 3 aromatic carbocycles. The smallest absolute Gasteiger partial charge is 0.262 e. The quantitative estimate of drug-likeness (QED) is 0.571. The van der Waals surface area contributed by atoms with Crippen molar-refractivity contribution in [2.75, 3.05) is 18.4 Å². The minimum atomic E-state index is -3.82. The Kier molecular flexibility index (Phi) is 6.22. The number of sulfonamides is 2. The van der Waals surface area contributed by atoms with Gasteiger partial charge in [-0.15, -0.1) is 0 Å². The zero-order valence-corrected chi connectivity index (χ0v) is 20.3. The maximum atomic E-state index is 13.1. The van der Waals surface area contributed by atoms with E-state index in [0.29, 0.717) is 30.0 Å². The number of ether oxygens (including phenoxy) is 1. The van der Waals surface area contributed by atoms with Crippen molar-refractivity contribution in [2.45, 2.75) is 36.6 Å². The van der Waals surface area contributed by atoms with Gasteiger partial charge in [-0.2, -0.15) is 4.31 Å². The van der Waals surface area contributed by atoms with Crippen molar-refractivity contribution in [3.8, 4) is 5.75 Å². The highest BCUT2D eigenvalue weighted by Gasteiger charge is 2.28. The SMILES string of the molecule is COc1ccc(S(=O)(=O)Nc2ccc3c(c2)CN(S(=O)(=O)c2ccc(C)cc2)CC3)c(C)c1. The maximum Gasteiger partial charge on any atom is 0.262 e. The Labute approximate surface area is 195 Å². The third-order valence-electron chi connectivity index (χ3n) is 5.77. The fourth-order valence-corrected chi connectivity index (χ4v) is 6.62. The van der Waals surface area contributed by atoms with Crippen molar-refractivity contribution in [2.24, 2.45) is 0 Å². The Bertz CT molecular complexity index is 1400. The lowest BCUT2D eigenvalue weighted by Crippen LogP contribution is -2.36. The molecule has 174 valence electrons. The molecule has 0 unspecified atom stereocenters. The average molecular weight is 487 g/mol. The zero-order chi connectivity index (χ0) is 23.8. The van der Waals surface area contributed by atoms with E-state index in [-0.39, 0.29) is 16.3 Å². The number of hydrogen-bond donors (Lipinski definition) is 1. The summed E-state index contributed by atoms with van der Waals surface area (Å²) in [6, 6.07) is 16.8. The molecule has 0 aliphatic carbocycles. The predicted molar refractivity (Wildman–Crippen MR) is 127 cm³/mol. The first-order valence-electron chi connectivity index (χ1n) is 10.5. The van der Waals surface area contributed by atoms with Crippen LogP contribution < -0.4 is 9.46 Å². The van der Waals surface area contributed by atoms with Crippen LogP contribution in [0.5, 0.6) is 5.75 Å². The second kappa shape index (κ2) is 8.81. The molecule has 0 saturated carbocycles. The minimum Gasteiger partial charge on any atom is -0.497 e. The van der Waals surface area contributed by atoms with Gasteiger partial charge in [0.25, 0.3) is 10.0 Å². The lowest BCUT2D eigenvalue weighted by atomic mass is 10.0. The molecule has 3 aromatic rings. The van der Waals surface area contributed by atoms with Gasteiger partial charge >= 0.3 is 0 Å². The second-order valence-electron chi connectivity index (χ2n) is 8.12. The van der Waals surface area contributed by atoms with E-state index in [0.717, 1.165) is 16.7 Å². The Balaban J connectivity index is 1.58. The summed E-state index contributed by atoms with van der Waals surface area (Å²) in [6.07, 6.45) is 0.561. The van der Waals surface area contributed by atoms with E-state index >= 15 is 0 Å². The van der Waals surface area contributed by atoms with E-state index in [4.69, 9.17) is 4.74 Å². The Morgan fingerprint density at radius 1 is 0.879 bits per heavy atom. The van der Waals surface area contributed by atoms with E-state index in [1.807, 2.05) is 13.0 Å². The highest BCUT2D eigenvalue weighted by Crippen LogP contribution is 2.29. The summed E-state index contributed by atoms with van der Waals surface area (Å²) in [5.74, 6) is 0.579. The summed E-state index contributed by atoms with van der Waals surface area (Å²) in [6.45, 7) is 4.17. The molecule has 0 fully saturated rings. The molecule has 0 atom stereocenters. The van der Waals surface area contributed by atoms with E-state index < -0.39 is 20.0 Å². The van der Waals surface area contributed by atoms with Crippen LogP contribution in [0.1, 0.15) is 22.3 Å². The standard InChI is InChI=1S/C24H26N2O5S2/c1-17-4-9-23(10-5-17)33(29,30)26-13-12-19-6-7-21(15-20(19)16-26)25-32(27,28)24-11-8-22(31-3)14-18(24)2/h4-11,14-15,25H,12-13,16H2,1-3H3. The first-order valence-corrected chi connectivity index (χ1v) is 13.4. The van der Waals surface area contributed by atoms with Gasteiger partial charge < -0.3 is 4.74 Å². The molecule has 0 aromatic heterocycles. The summed E-state index contributed by atoms with van der Waals surface area (Å²) in [7, 11) is -5.94. The largest absolute Gasteiger partial charge is 0.497 e. The summed E-state index contributed by atoms with van der Waals surface area (Å²) >= 11 is 0. The number of hydrogen-bond acceptors (Lipinski definition) is 5. The lowest BCUT2D eigenvalue weighted by molar-refractivity contribution is 0.391. The number of rotatable bonds is 6. The summed E-state index contributed by atoms with van der Waals surface area (Å²) in [4.78, 5) is 0.410. The molecule has 0 saturated heterocycles. The van der Waals surface area contributed by atoms with Crippen LogP contribution in [0, 0.1) is 13.8 Å². The average Bonchev–Trinajstić information content (AvgIpc) is 2.78. The number of fused-ring (bicyclic) bond motifs is 1. The van der Waals surface area contributed by atoms with E-state index in [9.17, 15) is 16.8 Å². The molecule has 0 spiro atoms. The summed E-state index contributed by atoms with van der Waals surface area (Å²) in [5, 5.41) is 0. The Morgan fingerprint density at radius 3 is 2.27 bits per heavy atom. The predicted octanol–water partition coefficient (Wildman–Crippen LogP) is 3.86. The maximum absolute atomic E-state index is 13.1. The molecule has 9 heteroatoms. The van der Waals surface area contributed by atoms with E-state index in [1.54, 1.807) is 55.5 Å². The van der Waals surface area contributed by atoms with Gasteiger partial charge in [0.2, 0.25) is 10.0 Å². The number of aryl methyl sites for hydroxylation is 2. The normalized spacial score (nSPS) is 14.5. The van der Waals surface area contributed by atoms with Crippen molar-refractivity contribution in [1.29, 1.82) is 0 Å². The van der Waals surface area contributed by atoms with Gasteiger partial charge in [-0.1, -0.05) is 23.8 Å². The second-order valence-corrected chi connectivity index (χ2v) is 11.7. The van der Waals surface area contributed by atoms with Gasteiger partial charge in [0, 0.05) is 18.8 Å².